The molecule has 16 heteroatoms. The van der Waals surface area contributed by atoms with Crippen molar-refractivity contribution in [3.8, 4) is 22.6 Å². The summed E-state index contributed by atoms with van der Waals surface area (Å²) in [4.78, 5) is 28.4. The van der Waals surface area contributed by atoms with Gasteiger partial charge in [0, 0.05) is 55.7 Å². The van der Waals surface area contributed by atoms with Gasteiger partial charge in [-0.05, 0) is 48.5 Å². The smallest absolute Gasteiger partial charge is 0.373 e. The maximum atomic E-state index is 15.3. The lowest BCUT2D eigenvalue weighted by Crippen LogP contribution is -2.40. The summed E-state index contributed by atoms with van der Waals surface area (Å²) in [6, 6.07) is 15.4. The Morgan fingerprint density at radius 1 is 0.982 bits per heavy atom. The van der Waals surface area contributed by atoms with Gasteiger partial charge in [-0.15, -0.1) is 0 Å². The van der Waals surface area contributed by atoms with Crippen molar-refractivity contribution < 1.29 is 35.2 Å². The van der Waals surface area contributed by atoms with E-state index < -0.39 is 39.2 Å². The van der Waals surface area contributed by atoms with Gasteiger partial charge in [0.25, 0.3) is 5.91 Å². The number of nitrogens with one attached hydrogen (secondary N) is 1. The van der Waals surface area contributed by atoms with E-state index in [-0.39, 0.29) is 64.2 Å². The minimum Gasteiger partial charge on any atom is -0.455 e. The molecule has 11 nitrogen and oxygen atoms in total. The van der Waals surface area contributed by atoms with Gasteiger partial charge >= 0.3 is 5.79 Å². The Kier molecular flexibility index (Phi) is 8.54. The number of sulfonamides is 1. The molecule has 0 bridgehead atoms. The van der Waals surface area contributed by atoms with Crippen LogP contribution in [0.5, 0.6) is 0 Å². The first kappa shape index (κ1) is 36.0. The van der Waals surface area contributed by atoms with Crippen molar-refractivity contribution in [2.75, 3.05) is 37.7 Å². The summed E-state index contributed by atoms with van der Waals surface area (Å²) >= 11 is 0. The summed E-state index contributed by atoms with van der Waals surface area (Å²) < 4.78 is 93.8. The third-order valence-electron chi connectivity index (χ3n) is 10.2. The maximum Gasteiger partial charge on any atom is 0.373 e. The Morgan fingerprint density at radius 3 is 2.44 bits per heavy atom. The van der Waals surface area contributed by atoms with E-state index in [2.05, 4.69) is 10.2 Å². The van der Waals surface area contributed by atoms with Crippen molar-refractivity contribution in [1.82, 2.24) is 24.6 Å². The summed E-state index contributed by atoms with van der Waals surface area (Å²) in [5, 5.41) is 3.04. The second-order valence-electron chi connectivity index (χ2n) is 13.5. The van der Waals surface area contributed by atoms with Crippen molar-refractivity contribution in [3.63, 3.8) is 0 Å². The highest BCUT2D eigenvalue weighted by atomic mass is 32.2. The van der Waals surface area contributed by atoms with Crippen LogP contribution >= 0.6 is 0 Å². The molecule has 5 heterocycles. The molecular weight excluding hydrogens is 739 g/mol. The average Bonchev–Trinajstić information content (AvgIpc) is 3.74. The van der Waals surface area contributed by atoms with E-state index in [4.69, 9.17) is 21.0 Å². The van der Waals surface area contributed by atoms with E-state index in [1.165, 1.54) is 32.3 Å². The van der Waals surface area contributed by atoms with Crippen LogP contribution in [-0.2, 0) is 16.6 Å². The number of carbonyl (C=O) groups excluding carboxylic acids is 1. The number of hydrogen-bond donors (Lipinski definition) is 1. The normalized spacial score (nSPS) is 14.9. The molecule has 0 saturated carbocycles. The van der Waals surface area contributed by atoms with Gasteiger partial charge < -0.3 is 9.73 Å². The van der Waals surface area contributed by atoms with Crippen molar-refractivity contribution in [1.29, 1.82) is 0 Å². The van der Waals surface area contributed by atoms with Crippen LogP contribution in [0.15, 0.2) is 71.1 Å². The molecule has 0 aliphatic carbocycles. The molecule has 1 amide bonds. The fourth-order valence-electron chi connectivity index (χ4n) is 7.18. The van der Waals surface area contributed by atoms with Gasteiger partial charge in [0.1, 0.15) is 34.4 Å². The molecule has 1 saturated heterocycles. The monoisotopic (exact) mass is 769 g/mol. The molecule has 1 N–H and O–H groups in total. The molecule has 0 unspecified atom stereocenters. The standard InChI is InChI=1S/C39H31F4N7O4S/c1-44-38(51)35-25-17-24(31(48(3)55(4,52)53)19-33(25)54-37(35)22-9-8-21(40)16-27(22)42)28-10-11-29-36(47-28)32-18-23-26(41)6-5-7-30(23)50(32)34(46-29)20-49-14-12-39(43,45-2)13-15-49/h5-11,16-19H,12-15,20H2,1,3-4H3,(H,44,51). The van der Waals surface area contributed by atoms with E-state index >= 15 is 8.78 Å². The van der Waals surface area contributed by atoms with Crippen LogP contribution in [0.4, 0.5) is 23.2 Å². The second kappa shape index (κ2) is 13.1. The number of amides is 1. The number of nitrogens with zero attached hydrogens (tertiary/aromatic N) is 6. The first-order chi connectivity index (χ1) is 26.2. The number of alkyl halides is 1. The lowest BCUT2D eigenvalue weighted by molar-refractivity contribution is 0.0893. The number of hydrogen-bond acceptors (Lipinski definition) is 7. The highest BCUT2D eigenvalue weighted by molar-refractivity contribution is 7.92. The first-order valence-electron chi connectivity index (χ1n) is 17.1. The lowest BCUT2D eigenvalue weighted by Gasteiger charge is -2.29. The molecule has 3 aromatic carbocycles. The SMILES string of the molecule is [C-]#[N+]C1(F)CCN(Cc2nc3ccc(-c4cc5c(C(=O)NC)c(-c6ccc(F)cc6F)oc5cc4N(C)S(C)(=O)=O)nc3c3cc4c(F)cccc4n23)CC1. The van der Waals surface area contributed by atoms with Crippen molar-refractivity contribution in [2.45, 2.75) is 25.2 Å². The number of piperidine rings is 1. The summed E-state index contributed by atoms with van der Waals surface area (Å²) in [6.45, 7) is 8.17. The summed E-state index contributed by atoms with van der Waals surface area (Å²) in [7, 11) is -1.17. The van der Waals surface area contributed by atoms with Gasteiger partial charge in [0.15, 0.2) is 5.76 Å². The van der Waals surface area contributed by atoms with Crippen LogP contribution in [0, 0.1) is 24.0 Å². The van der Waals surface area contributed by atoms with Crippen molar-refractivity contribution in [2.24, 2.45) is 0 Å². The van der Waals surface area contributed by atoms with Gasteiger partial charge in [-0.3, -0.25) is 23.2 Å². The highest BCUT2D eigenvalue weighted by Gasteiger charge is 2.40. The van der Waals surface area contributed by atoms with E-state index in [9.17, 15) is 22.0 Å². The van der Waals surface area contributed by atoms with Crippen molar-refractivity contribution in [3.05, 3.63) is 107 Å². The molecule has 4 aromatic heterocycles. The topological polar surface area (TPSA) is 117 Å². The van der Waals surface area contributed by atoms with Crippen LogP contribution < -0.4 is 9.62 Å². The van der Waals surface area contributed by atoms with Gasteiger partial charge in [0.2, 0.25) is 10.0 Å². The Balaban J connectivity index is 1.36. The maximum absolute atomic E-state index is 15.3. The Labute approximate surface area is 311 Å². The summed E-state index contributed by atoms with van der Waals surface area (Å²) in [5.41, 5.74) is 2.25. The van der Waals surface area contributed by atoms with Crippen LogP contribution in [-0.4, -0.2) is 72.8 Å². The Morgan fingerprint density at radius 2 is 1.75 bits per heavy atom. The summed E-state index contributed by atoms with van der Waals surface area (Å²) in [5.74, 6) is -4.46. The van der Waals surface area contributed by atoms with E-state index in [1.807, 2.05) is 4.90 Å². The third kappa shape index (κ3) is 6.09. The van der Waals surface area contributed by atoms with E-state index in [0.717, 1.165) is 22.7 Å². The fraction of sp³-hybridized carbons (Fsp3) is 0.231. The fourth-order valence-corrected chi connectivity index (χ4v) is 7.69. The predicted molar refractivity (Wildman–Crippen MR) is 200 cm³/mol. The predicted octanol–water partition coefficient (Wildman–Crippen LogP) is 7.47. The van der Waals surface area contributed by atoms with E-state index in [0.29, 0.717) is 52.4 Å². The molecule has 1 aliphatic heterocycles. The molecule has 8 rings (SSSR count). The number of benzene rings is 3. The largest absolute Gasteiger partial charge is 0.455 e. The zero-order valence-corrected chi connectivity index (χ0v) is 30.4. The highest BCUT2D eigenvalue weighted by Crippen LogP contribution is 2.42. The quantitative estimate of drug-likeness (QED) is 0.102. The number of fused-ring (bicyclic) bond motifs is 6. The Bertz CT molecular complexity index is 2900. The second-order valence-corrected chi connectivity index (χ2v) is 15.6. The third-order valence-corrected chi connectivity index (χ3v) is 11.3. The van der Waals surface area contributed by atoms with Gasteiger partial charge in [-0.25, -0.2) is 38.1 Å². The molecule has 0 spiro atoms. The Hall–Kier alpha value is -6.05. The zero-order valence-electron chi connectivity index (χ0n) is 29.6. The van der Waals surface area contributed by atoms with Crippen molar-refractivity contribution >= 4 is 60.0 Å². The number of likely N-dealkylation sites (tertiary alicyclic amines) is 1. The number of carbonyl (C=O) groups is 1. The first-order valence-corrected chi connectivity index (χ1v) is 19.0. The molecule has 280 valence electrons. The lowest BCUT2D eigenvalue weighted by atomic mass is 10.0. The molecule has 1 fully saturated rings. The number of aromatic nitrogens is 3. The molecule has 7 aromatic rings. The van der Waals surface area contributed by atoms with E-state index in [1.54, 1.807) is 34.7 Å². The molecular formula is C39H31F4N7O4S. The summed E-state index contributed by atoms with van der Waals surface area (Å²) in [6.07, 6.45) is 1.11. The van der Waals surface area contributed by atoms with Crippen LogP contribution in [0.1, 0.15) is 29.0 Å². The van der Waals surface area contributed by atoms with Gasteiger partial charge in [-0.1, -0.05) is 6.07 Å². The van der Waals surface area contributed by atoms with Gasteiger partial charge in [-0.2, -0.15) is 4.39 Å². The van der Waals surface area contributed by atoms with Crippen LogP contribution in [0.2, 0.25) is 0 Å². The van der Waals surface area contributed by atoms with Crippen LogP contribution in [0.25, 0.3) is 65.8 Å². The number of rotatable bonds is 7. The molecule has 1 aliphatic rings. The molecule has 0 atom stereocenters. The zero-order chi connectivity index (χ0) is 39.0. The minimum absolute atomic E-state index is 0.0480. The average molecular weight is 770 g/mol. The van der Waals surface area contributed by atoms with Crippen LogP contribution in [0.3, 0.4) is 0 Å². The number of halogens is 4. The minimum atomic E-state index is -3.89. The van der Waals surface area contributed by atoms with Gasteiger partial charge in [0.05, 0.1) is 64.7 Å². The molecule has 0 radical (unpaired) electrons. The molecule has 55 heavy (non-hydrogen) atoms. The number of anilines is 1. The number of pyridine rings is 1. The number of furan rings is 1.